The zero-order valence-electron chi connectivity index (χ0n) is 12.6. The summed E-state index contributed by atoms with van der Waals surface area (Å²) in [6.45, 7) is 0.947. The lowest BCUT2D eigenvalue weighted by atomic mass is 9.96. The fourth-order valence-electron chi connectivity index (χ4n) is 2.91. The topological polar surface area (TPSA) is 32.3 Å². The minimum atomic E-state index is 0.0479. The van der Waals surface area contributed by atoms with E-state index >= 15 is 0 Å². The Morgan fingerprint density at radius 2 is 1.95 bits per heavy atom. The van der Waals surface area contributed by atoms with Crippen LogP contribution in [0.15, 0.2) is 48.5 Å². The van der Waals surface area contributed by atoms with Gasteiger partial charge < -0.3 is 10.2 Å². The minimum Gasteiger partial charge on any atom is -0.374 e. The normalized spacial score (nSPS) is 17.0. The molecule has 1 aliphatic heterocycles. The van der Waals surface area contributed by atoms with Gasteiger partial charge in [-0.2, -0.15) is 0 Å². The van der Waals surface area contributed by atoms with Crippen LogP contribution in [0, 0.1) is 0 Å². The molecule has 1 heterocycles. The van der Waals surface area contributed by atoms with Gasteiger partial charge in [-0.05, 0) is 35.7 Å². The third kappa shape index (κ3) is 3.25. The summed E-state index contributed by atoms with van der Waals surface area (Å²) in [4.78, 5) is 14.5. The summed E-state index contributed by atoms with van der Waals surface area (Å²) < 4.78 is 0. The van der Waals surface area contributed by atoms with Crippen molar-refractivity contribution in [2.75, 3.05) is 18.5 Å². The zero-order valence-corrected chi connectivity index (χ0v) is 13.3. The second-order valence-corrected chi connectivity index (χ2v) is 6.13. The molecule has 0 saturated carbocycles. The van der Waals surface area contributed by atoms with Gasteiger partial charge in [-0.15, -0.1) is 0 Å². The standard InChI is InChI=1S/C18H19ClN2O/c1-21-11-10-16(15-4-2-3-5-17(15)21)20-18(22)12-13-6-8-14(19)9-7-13/h2-9,16H,10-12H2,1H3,(H,20,22). The minimum absolute atomic E-state index is 0.0479. The molecule has 4 heteroatoms. The Morgan fingerprint density at radius 3 is 2.73 bits per heavy atom. The molecule has 0 aromatic heterocycles. The number of carbonyl (C=O) groups is 1. The van der Waals surface area contributed by atoms with Crippen LogP contribution in [0.25, 0.3) is 0 Å². The maximum Gasteiger partial charge on any atom is 0.224 e. The van der Waals surface area contributed by atoms with Gasteiger partial charge in [0, 0.05) is 24.3 Å². The number of nitrogens with zero attached hydrogens (tertiary/aromatic N) is 1. The monoisotopic (exact) mass is 314 g/mol. The SMILES string of the molecule is CN1CCC(NC(=O)Cc2ccc(Cl)cc2)c2ccccc21. The van der Waals surface area contributed by atoms with Crippen molar-refractivity contribution in [3.8, 4) is 0 Å². The lowest BCUT2D eigenvalue weighted by Crippen LogP contribution is -2.37. The molecular weight excluding hydrogens is 296 g/mol. The smallest absolute Gasteiger partial charge is 0.224 e. The van der Waals surface area contributed by atoms with Crippen LogP contribution < -0.4 is 10.2 Å². The van der Waals surface area contributed by atoms with Crippen LogP contribution in [0.3, 0.4) is 0 Å². The van der Waals surface area contributed by atoms with Crippen LogP contribution in [-0.2, 0) is 11.2 Å². The van der Waals surface area contributed by atoms with Gasteiger partial charge in [-0.25, -0.2) is 0 Å². The average Bonchev–Trinajstić information content (AvgIpc) is 2.53. The Labute approximate surface area is 135 Å². The van der Waals surface area contributed by atoms with E-state index in [-0.39, 0.29) is 11.9 Å². The Hall–Kier alpha value is -2.00. The van der Waals surface area contributed by atoms with E-state index in [0.717, 1.165) is 18.5 Å². The maximum atomic E-state index is 12.3. The largest absolute Gasteiger partial charge is 0.374 e. The summed E-state index contributed by atoms with van der Waals surface area (Å²) >= 11 is 5.87. The number of hydrogen-bond donors (Lipinski definition) is 1. The van der Waals surface area contributed by atoms with Gasteiger partial charge in [-0.3, -0.25) is 4.79 Å². The van der Waals surface area contributed by atoms with Crippen LogP contribution >= 0.6 is 11.6 Å². The molecule has 1 amide bonds. The van der Waals surface area contributed by atoms with E-state index in [1.807, 2.05) is 36.4 Å². The second kappa shape index (κ2) is 6.41. The predicted octanol–water partition coefficient (Wildman–Crippen LogP) is 3.58. The number of hydrogen-bond acceptors (Lipinski definition) is 2. The molecule has 0 fully saturated rings. The molecule has 0 aliphatic carbocycles. The van der Waals surface area contributed by atoms with Gasteiger partial charge in [-0.1, -0.05) is 41.9 Å². The molecule has 0 bridgehead atoms. The number of benzene rings is 2. The molecule has 1 N–H and O–H groups in total. The van der Waals surface area contributed by atoms with Gasteiger partial charge in [0.25, 0.3) is 0 Å². The number of para-hydroxylation sites is 1. The van der Waals surface area contributed by atoms with Crippen molar-refractivity contribution in [3.05, 3.63) is 64.7 Å². The van der Waals surface area contributed by atoms with Crippen molar-refractivity contribution < 1.29 is 4.79 Å². The van der Waals surface area contributed by atoms with Gasteiger partial charge >= 0.3 is 0 Å². The van der Waals surface area contributed by atoms with Crippen LogP contribution in [0.5, 0.6) is 0 Å². The van der Waals surface area contributed by atoms with E-state index in [4.69, 9.17) is 11.6 Å². The van der Waals surface area contributed by atoms with Gasteiger partial charge in [0.15, 0.2) is 0 Å². The van der Waals surface area contributed by atoms with Crippen molar-refractivity contribution in [2.24, 2.45) is 0 Å². The lowest BCUT2D eigenvalue weighted by Gasteiger charge is -2.33. The molecule has 1 atom stereocenters. The quantitative estimate of drug-likeness (QED) is 0.939. The van der Waals surface area contributed by atoms with Crippen molar-refractivity contribution in [2.45, 2.75) is 18.9 Å². The van der Waals surface area contributed by atoms with Crippen LogP contribution in [0.1, 0.15) is 23.6 Å². The number of amides is 1. The molecule has 0 saturated heterocycles. The molecule has 2 aromatic rings. The van der Waals surface area contributed by atoms with Crippen molar-refractivity contribution in [1.82, 2.24) is 5.32 Å². The number of fused-ring (bicyclic) bond motifs is 1. The van der Waals surface area contributed by atoms with Crippen LogP contribution in [0.2, 0.25) is 5.02 Å². The maximum absolute atomic E-state index is 12.3. The average molecular weight is 315 g/mol. The van der Waals surface area contributed by atoms with E-state index in [1.165, 1.54) is 11.3 Å². The highest BCUT2D eigenvalue weighted by Crippen LogP contribution is 2.32. The molecule has 1 unspecified atom stereocenters. The summed E-state index contributed by atoms with van der Waals surface area (Å²) in [5.74, 6) is 0.0479. The van der Waals surface area contributed by atoms with Crippen molar-refractivity contribution >= 4 is 23.2 Å². The molecule has 0 radical (unpaired) electrons. The molecular formula is C18H19ClN2O. The fraction of sp³-hybridized carbons (Fsp3) is 0.278. The molecule has 114 valence electrons. The van der Waals surface area contributed by atoms with E-state index < -0.39 is 0 Å². The summed E-state index contributed by atoms with van der Waals surface area (Å²) in [6.07, 6.45) is 1.31. The van der Waals surface area contributed by atoms with Crippen LogP contribution in [-0.4, -0.2) is 19.5 Å². The number of anilines is 1. The summed E-state index contributed by atoms with van der Waals surface area (Å²) in [5, 5.41) is 3.85. The number of nitrogens with one attached hydrogen (secondary N) is 1. The van der Waals surface area contributed by atoms with E-state index in [9.17, 15) is 4.79 Å². The first-order chi connectivity index (χ1) is 10.6. The first kappa shape index (κ1) is 14.9. The third-order valence-corrected chi connectivity index (χ3v) is 4.34. The molecule has 2 aromatic carbocycles. The van der Waals surface area contributed by atoms with E-state index in [0.29, 0.717) is 11.4 Å². The molecule has 3 rings (SSSR count). The molecule has 1 aliphatic rings. The summed E-state index contributed by atoms with van der Waals surface area (Å²) in [5.41, 5.74) is 3.37. The predicted molar refractivity (Wildman–Crippen MR) is 90.4 cm³/mol. The van der Waals surface area contributed by atoms with Crippen LogP contribution in [0.4, 0.5) is 5.69 Å². The summed E-state index contributed by atoms with van der Waals surface area (Å²) in [6, 6.07) is 15.8. The number of halogens is 1. The molecule has 3 nitrogen and oxygen atoms in total. The van der Waals surface area contributed by atoms with E-state index in [2.05, 4.69) is 29.4 Å². The highest BCUT2D eigenvalue weighted by atomic mass is 35.5. The Morgan fingerprint density at radius 1 is 1.23 bits per heavy atom. The highest BCUT2D eigenvalue weighted by Gasteiger charge is 2.23. The Balaban J connectivity index is 1.69. The van der Waals surface area contributed by atoms with Gasteiger partial charge in [0.2, 0.25) is 5.91 Å². The number of rotatable bonds is 3. The summed E-state index contributed by atoms with van der Waals surface area (Å²) in [7, 11) is 2.09. The van der Waals surface area contributed by atoms with Crippen molar-refractivity contribution in [1.29, 1.82) is 0 Å². The molecule has 0 spiro atoms. The lowest BCUT2D eigenvalue weighted by molar-refractivity contribution is -0.121. The van der Waals surface area contributed by atoms with E-state index in [1.54, 1.807) is 0 Å². The first-order valence-corrected chi connectivity index (χ1v) is 7.85. The second-order valence-electron chi connectivity index (χ2n) is 5.69. The third-order valence-electron chi connectivity index (χ3n) is 4.09. The fourth-order valence-corrected chi connectivity index (χ4v) is 3.04. The Bertz CT molecular complexity index is 669. The Kier molecular flexibility index (Phi) is 4.34. The molecule has 22 heavy (non-hydrogen) atoms. The van der Waals surface area contributed by atoms with Gasteiger partial charge in [0.1, 0.15) is 0 Å². The highest BCUT2D eigenvalue weighted by molar-refractivity contribution is 6.30. The first-order valence-electron chi connectivity index (χ1n) is 7.47. The van der Waals surface area contributed by atoms with Gasteiger partial charge in [0.05, 0.1) is 12.5 Å². The number of carbonyl (C=O) groups excluding carboxylic acids is 1. The zero-order chi connectivity index (χ0) is 15.5. The van der Waals surface area contributed by atoms with Crippen molar-refractivity contribution in [3.63, 3.8) is 0 Å².